The first-order chi connectivity index (χ1) is 11.0. The number of hydrogen-bond donors (Lipinski definition) is 2. The van der Waals surface area contributed by atoms with Gasteiger partial charge in [0, 0.05) is 17.8 Å². The van der Waals surface area contributed by atoms with E-state index in [2.05, 4.69) is 34.4 Å². The first kappa shape index (κ1) is 16.7. The third kappa shape index (κ3) is 4.42. The lowest BCUT2D eigenvalue weighted by molar-refractivity contribution is 0.0602. The molecule has 1 unspecified atom stereocenters. The zero-order valence-electron chi connectivity index (χ0n) is 13.9. The van der Waals surface area contributed by atoms with E-state index in [1.165, 1.54) is 7.11 Å². The number of anilines is 3. The van der Waals surface area contributed by atoms with Crippen molar-refractivity contribution in [3.63, 3.8) is 0 Å². The molecule has 0 saturated carbocycles. The predicted molar refractivity (Wildman–Crippen MR) is 91.2 cm³/mol. The Morgan fingerprint density at radius 1 is 1.30 bits per heavy atom. The van der Waals surface area contributed by atoms with Gasteiger partial charge < -0.3 is 15.4 Å². The lowest BCUT2D eigenvalue weighted by Crippen LogP contribution is -2.16. The molecule has 1 heterocycles. The van der Waals surface area contributed by atoms with Gasteiger partial charge in [0.05, 0.1) is 18.4 Å². The van der Waals surface area contributed by atoms with E-state index in [1.54, 1.807) is 12.1 Å². The minimum atomic E-state index is -0.392. The first-order valence-corrected chi connectivity index (χ1v) is 7.60. The summed E-state index contributed by atoms with van der Waals surface area (Å²) in [5, 5.41) is 6.42. The largest absolute Gasteiger partial charge is 0.465 e. The molecule has 0 radical (unpaired) electrons. The number of esters is 1. The molecule has 122 valence electrons. The number of nitrogens with one attached hydrogen (secondary N) is 2. The molecule has 6 nitrogen and oxygen atoms in total. The Balaban J connectivity index is 2.28. The summed E-state index contributed by atoms with van der Waals surface area (Å²) >= 11 is 0. The number of benzene rings is 1. The van der Waals surface area contributed by atoms with Gasteiger partial charge in [-0.2, -0.15) is 4.98 Å². The van der Waals surface area contributed by atoms with Crippen molar-refractivity contribution in [2.75, 3.05) is 17.7 Å². The molecule has 2 rings (SSSR count). The molecular weight excluding hydrogens is 292 g/mol. The molecule has 0 aliphatic heterocycles. The maximum Gasteiger partial charge on any atom is 0.339 e. The van der Waals surface area contributed by atoms with E-state index in [0.29, 0.717) is 23.0 Å². The number of methoxy groups -OCH3 is 1. The molecule has 0 fully saturated rings. The average Bonchev–Trinajstić information content (AvgIpc) is 2.54. The second-order valence-corrected chi connectivity index (χ2v) is 5.33. The van der Waals surface area contributed by atoms with Crippen LogP contribution in [0.4, 0.5) is 17.5 Å². The summed E-state index contributed by atoms with van der Waals surface area (Å²) in [6.07, 6.45) is 0.977. The van der Waals surface area contributed by atoms with Gasteiger partial charge in [-0.25, -0.2) is 9.78 Å². The highest BCUT2D eigenvalue weighted by atomic mass is 16.5. The summed E-state index contributed by atoms with van der Waals surface area (Å²) < 4.78 is 4.81. The molecule has 2 aromatic rings. The number of para-hydroxylation sites is 1. The fraction of sp³-hybridized carbons (Fsp3) is 0.353. The van der Waals surface area contributed by atoms with E-state index in [9.17, 15) is 4.79 Å². The van der Waals surface area contributed by atoms with Crippen LogP contribution in [0.1, 0.15) is 36.3 Å². The highest BCUT2D eigenvalue weighted by Gasteiger charge is 2.12. The van der Waals surface area contributed by atoms with Crippen LogP contribution >= 0.6 is 0 Å². The number of hydrogen-bond acceptors (Lipinski definition) is 6. The smallest absolute Gasteiger partial charge is 0.339 e. The highest BCUT2D eigenvalue weighted by molar-refractivity contribution is 5.96. The SMILES string of the molecule is CCC(C)Nc1nc(C)cc(Nc2ccccc2C(=O)OC)n1. The lowest BCUT2D eigenvalue weighted by Gasteiger charge is -2.14. The van der Waals surface area contributed by atoms with Gasteiger partial charge >= 0.3 is 5.97 Å². The average molecular weight is 314 g/mol. The Kier molecular flexibility index (Phi) is 5.51. The second kappa shape index (κ2) is 7.58. The lowest BCUT2D eigenvalue weighted by atomic mass is 10.2. The Morgan fingerprint density at radius 2 is 2.04 bits per heavy atom. The van der Waals surface area contributed by atoms with Crippen molar-refractivity contribution in [1.29, 1.82) is 0 Å². The minimum Gasteiger partial charge on any atom is -0.465 e. The fourth-order valence-electron chi connectivity index (χ4n) is 2.04. The molecule has 1 aromatic carbocycles. The van der Waals surface area contributed by atoms with Gasteiger partial charge in [-0.1, -0.05) is 19.1 Å². The molecule has 0 spiro atoms. The predicted octanol–water partition coefficient (Wildman–Crippen LogP) is 3.53. The number of nitrogens with zero attached hydrogens (tertiary/aromatic N) is 2. The monoisotopic (exact) mass is 314 g/mol. The fourth-order valence-corrected chi connectivity index (χ4v) is 2.04. The van der Waals surface area contributed by atoms with Crippen molar-refractivity contribution in [2.45, 2.75) is 33.2 Å². The van der Waals surface area contributed by atoms with Crippen LogP contribution in [-0.2, 0) is 4.74 Å². The molecule has 0 bridgehead atoms. The number of aryl methyl sites for hydroxylation is 1. The molecule has 0 aliphatic carbocycles. The van der Waals surface area contributed by atoms with Crippen molar-refractivity contribution >= 4 is 23.4 Å². The van der Waals surface area contributed by atoms with E-state index in [-0.39, 0.29) is 6.04 Å². The standard InChI is InChI=1S/C17H22N4O2/c1-5-11(2)18-17-19-12(3)10-15(21-17)20-14-9-7-6-8-13(14)16(22)23-4/h6-11H,5H2,1-4H3,(H2,18,19,20,21). The van der Waals surface area contributed by atoms with Crippen LogP contribution in [0.2, 0.25) is 0 Å². The molecular formula is C17H22N4O2. The summed E-state index contributed by atoms with van der Waals surface area (Å²) in [6.45, 7) is 6.07. The van der Waals surface area contributed by atoms with E-state index >= 15 is 0 Å². The normalized spacial score (nSPS) is 11.7. The molecule has 0 aliphatic rings. The topological polar surface area (TPSA) is 76.1 Å². The molecule has 0 saturated heterocycles. The Morgan fingerprint density at radius 3 is 2.74 bits per heavy atom. The van der Waals surface area contributed by atoms with Crippen molar-refractivity contribution in [3.8, 4) is 0 Å². The van der Waals surface area contributed by atoms with Crippen molar-refractivity contribution in [2.24, 2.45) is 0 Å². The maximum atomic E-state index is 11.8. The van der Waals surface area contributed by atoms with Crippen LogP contribution < -0.4 is 10.6 Å². The number of ether oxygens (including phenoxy) is 1. The number of aromatic nitrogens is 2. The van der Waals surface area contributed by atoms with E-state index in [0.717, 1.165) is 12.1 Å². The van der Waals surface area contributed by atoms with Crippen LogP contribution in [0, 0.1) is 6.92 Å². The molecule has 0 amide bonds. The molecule has 2 N–H and O–H groups in total. The number of rotatable bonds is 6. The van der Waals surface area contributed by atoms with Crippen LogP contribution in [-0.4, -0.2) is 29.1 Å². The number of carbonyl (C=O) groups is 1. The Bertz CT molecular complexity index is 688. The van der Waals surface area contributed by atoms with Crippen molar-refractivity contribution < 1.29 is 9.53 Å². The van der Waals surface area contributed by atoms with E-state index in [1.807, 2.05) is 25.1 Å². The van der Waals surface area contributed by atoms with Crippen molar-refractivity contribution in [3.05, 3.63) is 41.6 Å². The zero-order valence-corrected chi connectivity index (χ0v) is 13.9. The highest BCUT2D eigenvalue weighted by Crippen LogP contribution is 2.21. The van der Waals surface area contributed by atoms with Gasteiger partial charge in [-0.15, -0.1) is 0 Å². The summed E-state index contributed by atoms with van der Waals surface area (Å²) in [7, 11) is 1.36. The van der Waals surface area contributed by atoms with E-state index in [4.69, 9.17) is 4.74 Å². The third-order valence-corrected chi connectivity index (χ3v) is 3.44. The van der Waals surface area contributed by atoms with Gasteiger partial charge in [-0.3, -0.25) is 0 Å². The minimum absolute atomic E-state index is 0.284. The summed E-state index contributed by atoms with van der Waals surface area (Å²) in [5.74, 6) is 0.800. The van der Waals surface area contributed by atoms with Crippen LogP contribution in [0.3, 0.4) is 0 Å². The van der Waals surface area contributed by atoms with Crippen LogP contribution in [0.25, 0.3) is 0 Å². The maximum absolute atomic E-state index is 11.8. The van der Waals surface area contributed by atoms with Crippen LogP contribution in [0.5, 0.6) is 0 Å². The van der Waals surface area contributed by atoms with Crippen LogP contribution in [0.15, 0.2) is 30.3 Å². The third-order valence-electron chi connectivity index (χ3n) is 3.44. The van der Waals surface area contributed by atoms with Gasteiger partial charge in [0.2, 0.25) is 5.95 Å². The Hall–Kier alpha value is -2.63. The molecule has 1 atom stereocenters. The van der Waals surface area contributed by atoms with E-state index < -0.39 is 5.97 Å². The zero-order chi connectivity index (χ0) is 16.8. The summed E-state index contributed by atoms with van der Waals surface area (Å²) in [6, 6.07) is 9.27. The second-order valence-electron chi connectivity index (χ2n) is 5.33. The van der Waals surface area contributed by atoms with Crippen molar-refractivity contribution in [1.82, 2.24) is 9.97 Å². The summed E-state index contributed by atoms with van der Waals surface area (Å²) in [4.78, 5) is 20.7. The van der Waals surface area contributed by atoms with Gasteiger partial charge in [-0.05, 0) is 32.4 Å². The van der Waals surface area contributed by atoms with Gasteiger partial charge in [0.25, 0.3) is 0 Å². The van der Waals surface area contributed by atoms with Gasteiger partial charge in [0.1, 0.15) is 5.82 Å². The first-order valence-electron chi connectivity index (χ1n) is 7.60. The molecule has 1 aromatic heterocycles. The number of carbonyl (C=O) groups excluding carboxylic acids is 1. The quantitative estimate of drug-likeness (QED) is 0.794. The van der Waals surface area contributed by atoms with Gasteiger partial charge in [0.15, 0.2) is 0 Å². The molecule has 6 heteroatoms. The summed E-state index contributed by atoms with van der Waals surface area (Å²) in [5.41, 5.74) is 1.94. The Labute approximate surface area is 136 Å². The molecule has 23 heavy (non-hydrogen) atoms.